The molecule has 0 aliphatic rings. The van der Waals surface area contributed by atoms with Crippen molar-refractivity contribution in [3.05, 3.63) is 101 Å². The smallest absolute Gasteiger partial charge is 0.508 e. The normalized spacial score (nSPS) is 12.3. The minimum absolute atomic E-state index is 0.0493. The lowest BCUT2D eigenvalue weighted by atomic mass is 10.1. The highest BCUT2D eigenvalue weighted by molar-refractivity contribution is 5.61. The molecule has 0 saturated heterocycles. The summed E-state index contributed by atoms with van der Waals surface area (Å²) in [6, 6.07) is 23.1. The zero-order valence-electron chi connectivity index (χ0n) is 18.5. The molecule has 0 aliphatic carbocycles. The van der Waals surface area contributed by atoms with Gasteiger partial charge in [-0.3, -0.25) is 0 Å². The fraction of sp³-hybridized carbons (Fsp3) is 0.231. The van der Waals surface area contributed by atoms with Gasteiger partial charge in [-0.2, -0.15) is 0 Å². The Morgan fingerprint density at radius 2 is 1.09 bits per heavy atom. The Balaban J connectivity index is 1.48. The molecule has 3 rings (SSSR count). The Hall–Kier alpha value is -4.00. The lowest BCUT2D eigenvalue weighted by Gasteiger charge is -2.14. The van der Waals surface area contributed by atoms with Crippen LogP contribution in [0.15, 0.2) is 78.9 Å². The van der Waals surface area contributed by atoms with E-state index in [0.29, 0.717) is 11.1 Å². The maximum absolute atomic E-state index is 12.0. The van der Waals surface area contributed by atoms with Crippen LogP contribution in [0, 0.1) is 0 Å². The second kappa shape index (κ2) is 11.6. The fourth-order valence-electron chi connectivity index (χ4n) is 3.14. The maximum atomic E-state index is 12.0. The monoisotopic (exact) mass is 450 g/mol. The summed E-state index contributed by atoms with van der Waals surface area (Å²) in [5, 5.41) is 9.97. The third-order valence-corrected chi connectivity index (χ3v) is 4.83. The third kappa shape index (κ3) is 7.57. The van der Waals surface area contributed by atoms with Gasteiger partial charge in [-0.05, 0) is 54.3 Å². The Kier molecular flexibility index (Phi) is 8.30. The molecule has 0 radical (unpaired) electrons. The van der Waals surface area contributed by atoms with Gasteiger partial charge >= 0.3 is 12.3 Å². The SMILES string of the molecule is C[C@@H](OC(=O)OCc1cc(O)cc(COC(=O)O[C@H](C)c2ccccc2)c1)c1ccccc1. The van der Waals surface area contributed by atoms with Crippen molar-refractivity contribution in [1.82, 2.24) is 0 Å². The van der Waals surface area contributed by atoms with Crippen molar-refractivity contribution in [1.29, 1.82) is 0 Å². The summed E-state index contributed by atoms with van der Waals surface area (Å²) in [7, 11) is 0. The van der Waals surface area contributed by atoms with Crippen LogP contribution in [-0.2, 0) is 32.2 Å². The molecule has 0 saturated carbocycles. The Labute approximate surface area is 192 Å². The van der Waals surface area contributed by atoms with Crippen molar-refractivity contribution in [2.24, 2.45) is 0 Å². The van der Waals surface area contributed by atoms with Crippen molar-refractivity contribution < 1.29 is 33.6 Å². The Morgan fingerprint density at radius 1 is 0.697 bits per heavy atom. The van der Waals surface area contributed by atoms with Crippen LogP contribution in [-0.4, -0.2) is 17.4 Å². The zero-order chi connectivity index (χ0) is 23.6. The van der Waals surface area contributed by atoms with Gasteiger partial charge in [0.1, 0.15) is 31.2 Å². The molecule has 0 fully saturated rings. The van der Waals surface area contributed by atoms with Crippen LogP contribution in [0.2, 0.25) is 0 Å². The summed E-state index contributed by atoms with van der Waals surface area (Å²) >= 11 is 0. The average molecular weight is 450 g/mol. The first-order valence-corrected chi connectivity index (χ1v) is 10.5. The number of carbonyl (C=O) groups is 2. The predicted octanol–water partition coefficient (Wildman–Crippen LogP) is 6.22. The molecule has 0 spiro atoms. The van der Waals surface area contributed by atoms with Crippen molar-refractivity contribution in [3.63, 3.8) is 0 Å². The van der Waals surface area contributed by atoms with E-state index in [1.807, 2.05) is 60.7 Å². The van der Waals surface area contributed by atoms with E-state index in [2.05, 4.69) is 0 Å². The van der Waals surface area contributed by atoms with Gasteiger partial charge in [0.05, 0.1) is 0 Å². The summed E-state index contributed by atoms with van der Waals surface area (Å²) in [5.41, 5.74) is 2.73. The number of hydrogen-bond acceptors (Lipinski definition) is 7. The number of aromatic hydroxyl groups is 1. The molecule has 33 heavy (non-hydrogen) atoms. The van der Waals surface area contributed by atoms with Crippen LogP contribution < -0.4 is 0 Å². The van der Waals surface area contributed by atoms with Gasteiger partial charge in [-0.25, -0.2) is 9.59 Å². The molecular weight excluding hydrogens is 424 g/mol. The second-order valence-corrected chi connectivity index (χ2v) is 7.43. The van der Waals surface area contributed by atoms with Crippen LogP contribution in [0.4, 0.5) is 9.59 Å². The summed E-state index contributed by atoms with van der Waals surface area (Å²) in [6.07, 6.45) is -2.58. The average Bonchev–Trinajstić information content (AvgIpc) is 2.82. The first kappa shape index (κ1) is 23.7. The lowest BCUT2D eigenvalue weighted by molar-refractivity contribution is 0.0237. The van der Waals surface area contributed by atoms with E-state index < -0.39 is 24.5 Å². The van der Waals surface area contributed by atoms with Crippen LogP contribution >= 0.6 is 0 Å². The summed E-state index contributed by atoms with van der Waals surface area (Å²) in [6.45, 7) is 3.27. The minimum atomic E-state index is -0.828. The van der Waals surface area contributed by atoms with Gasteiger partial charge < -0.3 is 24.1 Å². The van der Waals surface area contributed by atoms with Crippen molar-refractivity contribution >= 4 is 12.3 Å². The maximum Gasteiger partial charge on any atom is 0.509 e. The van der Waals surface area contributed by atoms with Crippen LogP contribution in [0.1, 0.15) is 48.3 Å². The zero-order valence-corrected chi connectivity index (χ0v) is 18.5. The van der Waals surface area contributed by atoms with Crippen molar-refractivity contribution in [2.45, 2.75) is 39.3 Å². The molecule has 0 amide bonds. The number of phenolic OH excluding ortho intramolecular Hbond substituents is 1. The van der Waals surface area contributed by atoms with E-state index in [9.17, 15) is 14.7 Å². The molecule has 2 atom stereocenters. The molecule has 3 aromatic carbocycles. The molecule has 172 valence electrons. The highest BCUT2D eigenvalue weighted by Crippen LogP contribution is 2.21. The highest BCUT2D eigenvalue weighted by Gasteiger charge is 2.15. The number of phenols is 1. The number of carbonyl (C=O) groups excluding carboxylic acids is 2. The number of hydrogen-bond donors (Lipinski definition) is 1. The van der Waals surface area contributed by atoms with Crippen LogP contribution in [0.25, 0.3) is 0 Å². The Bertz CT molecular complexity index is 969. The quantitative estimate of drug-likeness (QED) is 0.407. The van der Waals surface area contributed by atoms with E-state index in [1.165, 1.54) is 12.1 Å². The number of benzene rings is 3. The summed E-state index contributed by atoms with van der Waals surface area (Å²) in [4.78, 5) is 24.0. The minimum Gasteiger partial charge on any atom is -0.508 e. The Morgan fingerprint density at radius 3 is 1.48 bits per heavy atom. The molecule has 0 aliphatic heterocycles. The molecular formula is C26H26O7. The van der Waals surface area contributed by atoms with Gasteiger partial charge in [0.15, 0.2) is 0 Å². The molecule has 0 bridgehead atoms. The van der Waals surface area contributed by atoms with E-state index in [0.717, 1.165) is 11.1 Å². The number of rotatable bonds is 8. The first-order chi connectivity index (χ1) is 15.9. The van der Waals surface area contributed by atoms with E-state index in [1.54, 1.807) is 19.9 Å². The molecule has 1 N–H and O–H groups in total. The van der Waals surface area contributed by atoms with Gasteiger partial charge in [-0.1, -0.05) is 60.7 Å². The topological polar surface area (TPSA) is 91.3 Å². The van der Waals surface area contributed by atoms with Crippen LogP contribution in [0.5, 0.6) is 5.75 Å². The number of ether oxygens (including phenoxy) is 4. The molecule has 3 aromatic rings. The van der Waals surface area contributed by atoms with E-state index in [4.69, 9.17) is 18.9 Å². The fourth-order valence-corrected chi connectivity index (χ4v) is 3.14. The highest BCUT2D eigenvalue weighted by atomic mass is 16.7. The van der Waals surface area contributed by atoms with Crippen LogP contribution in [0.3, 0.4) is 0 Å². The predicted molar refractivity (Wildman–Crippen MR) is 120 cm³/mol. The summed E-state index contributed by atoms with van der Waals surface area (Å²) in [5.74, 6) is -0.0493. The van der Waals surface area contributed by atoms with E-state index >= 15 is 0 Å². The largest absolute Gasteiger partial charge is 0.509 e. The molecule has 7 heteroatoms. The first-order valence-electron chi connectivity index (χ1n) is 10.5. The molecule has 0 aromatic heterocycles. The van der Waals surface area contributed by atoms with Gasteiger partial charge in [0.2, 0.25) is 0 Å². The molecule has 7 nitrogen and oxygen atoms in total. The van der Waals surface area contributed by atoms with E-state index in [-0.39, 0.29) is 19.0 Å². The standard InChI is InChI=1S/C26H26O7/c1-18(22-9-5-3-6-10-22)32-25(28)30-16-20-13-21(15-24(27)14-20)17-31-26(29)33-19(2)23-11-7-4-8-12-23/h3-15,18-19,27H,16-17H2,1-2H3/t18-,19-/m1/s1. The lowest BCUT2D eigenvalue weighted by Crippen LogP contribution is -2.11. The van der Waals surface area contributed by atoms with Crippen molar-refractivity contribution in [2.75, 3.05) is 0 Å². The van der Waals surface area contributed by atoms with Gasteiger partial charge in [0, 0.05) is 0 Å². The van der Waals surface area contributed by atoms with Gasteiger partial charge in [0.25, 0.3) is 0 Å². The van der Waals surface area contributed by atoms with Crippen molar-refractivity contribution in [3.8, 4) is 5.75 Å². The molecule has 0 heterocycles. The summed E-state index contributed by atoms with van der Waals surface area (Å²) < 4.78 is 20.8. The second-order valence-electron chi connectivity index (χ2n) is 7.43. The molecule has 0 unspecified atom stereocenters. The van der Waals surface area contributed by atoms with Gasteiger partial charge in [-0.15, -0.1) is 0 Å². The third-order valence-electron chi connectivity index (χ3n) is 4.83.